The van der Waals surface area contributed by atoms with Gasteiger partial charge in [0.25, 0.3) is 0 Å². The molecule has 3 nitrogen and oxygen atoms in total. The molecule has 1 aliphatic carbocycles. The number of rotatable bonds is 3. The summed E-state index contributed by atoms with van der Waals surface area (Å²) in [6.07, 6.45) is 4.21. The van der Waals surface area contributed by atoms with Crippen molar-refractivity contribution in [2.45, 2.75) is 24.7 Å². The van der Waals surface area contributed by atoms with Crippen LogP contribution in [-0.4, -0.2) is 16.1 Å². The van der Waals surface area contributed by atoms with Gasteiger partial charge in [-0.3, -0.25) is 9.78 Å². The molecule has 0 spiro atoms. The van der Waals surface area contributed by atoms with Crippen LogP contribution in [0.4, 0.5) is 4.39 Å². The number of aliphatic carboxylic acids is 1. The number of fused-ring (bicyclic) bond motifs is 1. The Bertz CT molecular complexity index is 671. The van der Waals surface area contributed by atoms with Crippen LogP contribution in [-0.2, 0) is 23.1 Å². The number of benzene rings is 1. The zero-order valence-electron chi connectivity index (χ0n) is 10.8. The second-order valence-electron chi connectivity index (χ2n) is 5.23. The molecule has 102 valence electrons. The van der Waals surface area contributed by atoms with Crippen LogP contribution in [0.25, 0.3) is 0 Å². The molecule has 0 bridgehead atoms. The van der Waals surface area contributed by atoms with Crippen molar-refractivity contribution < 1.29 is 14.3 Å². The normalized spacial score (nSPS) is 20.6. The van der Waals surface area contributed by atoms with E-state index >= 15 is 0 Å². The minimum Gasteiger partial charge on any atom is -0.481 e. The van der Waals surface area contributed by atoms with Gasteiger partial charge in [-0.1, -0.05) is 24.3 Å². The number of nitrogens with zero attached hydrogens (tertiary/aromatic N) is 1. The van der Waals surface area contributed by atoms with Gasteiger partial charge in [0, 0.05) is 6.20 Å². The first-order chi connectivity index (χ1) is 9.62. The zero-order valence-corrected chi connectivity index (χ0v) is 10.8. The van der Waals surface area contributed by atoms with E-state index in [1.807, 2.05) is 24.3 Å². The fourth-order valence-corrected chi connectivity index (χ4v) is 3.07. The van der Waals surface area contributed by atoms with Gasteiger partial charge < -0.3 is 5.11 Å². The van der Waals surface area contributed by atoms with E-state index in [4.69, 9.17) is 0 Å². The molecular formula is C16H14FNO2. The average molecular weight is 271 g/mol. The zero-order chi connectivity index (χ0) is 14.2. The van der Waals surface area contributed by atoms with E-state index < -0.39 is 17.2 Å². The van der Waals surface area contributed by atoms with Crippen molar-refractivity contribution >= 4 is 5.97 Å². The molecule has 1 aliphatic rings. The average Bonchev–Trinajstić information content (AvgIpc) is 2.79. The molecular weight excluding hydrogens is 257 g/mol. The molecule has 1 atom stereocenters. The highest BCUT2D eigenvalue weighted by Gasteiger charge is 2.45. The molecule has 1 unspecified atom stereocenters. The number of aromatic nitrogens is 1. The molecule has 1 aromatic heterocycles. The third-order valence-electron chi connectivity index (χ3n) is 4.03. The van der Waals surface area contributed by atoms with Crippen LogP contribution in [0.3, 0.4) is 0 Å². The summed E-state index contributed by atoms with van der Waals surface area (Å²) in [5, 5.41) is 9.73. The third kappa shape index (κ3) is 1.97. The van der Waals surface area contributed by atoms with E-state index in [-0.39, 0.29) is 6.42 Å². The minimum absolute atomic E-state index is 0.268. The van der Waals surface area contributed by atoms with Gasteiger partial charge in [0.05, 0.1) is 11.6 Å². The summed E-state index contributed by atoms with van der Waals surface area (Å²) in [6, 6.07) is 8.96. The van der Waals surface area contributed by atoms with Crippen molar-refractivity contribution in [3.63, 3.8) is 0 Å². The van der Waals surface area contributed by atoms with Crippen molar-refractivity contribution in [1.82, 2.24) is 4.98 Å². The topological polar surface area (TPSA) is 50.2 Å². The first kappa shape index (κ1) is 12.8. The first-order valence-corrected chi connectivity index (χ1v) is 6.53. The van der Waals surface area contributed by atoms with Gasteiger partial charge in [0.15, 0.2) is 0 Å². The Kier molecular flexibility index (Phi) is 3.01. The van der Waals surface area contributed by atoms with E-state index in [2.05, 4.69) is 4.98 Å². The Balaban J connectivity index is 2.05. The molecule has 20 heavy (non-hydrogen) atoms. The standard InChI is InChI=1S/C16H14FNO2/c17-13-7-11(9-18-10-13)8-16(15(19)20)6-5-12-3-1-2-4-14(12)16/h1-4,7,9-10H,5-6,8H2,(H,19,20). The molecule has 0 fully saturated rings. The van der Waals surface area contributed by atoms with Crippen LogP contribution in [0.2, 0.25) is 0 Å². The molecule has 0 radical (unpaired) electrons. The fraction of sp³-hybridized carbons (Fsp3) is 0.250. The highest BCUT2D eigenvalue weighted by atomic mass is 19.1. The van der Waals surface area contributed by atoms with Gasteiger partial charge in [0.2, 0.25) is 0 Å². The first-order valence-electron chi connectivity index (χ1n) is 6.53. The van der Waals surface area contributed by atoms with E-state index in [9.17, 15) is 14.3 Å². The molecule has 0 aliphatic heterocycles. The van der Waals surface area contributed by atoms with Gasteiger partial charge in [-0.2, -0.15) is 0 Å². The number of aryl methyl sites for hydroxylation is 1. The van der Waals surface area contributed by atoms with Crippen molar-refractivity contribution in [2.75, 3.05) is 0 Å². The third-order valence-corrected chi connectivity index (χ3v) is 4.03. The monoisotopic (exact) mass is 271 g/mol. The largest absolute Gasteiger partial charge is 0.481 e. The molecule has 0 amide bonds. The van der Waals surface area contributed by atoms with Crippen LogP contribution in [0.1, 0.15) is 23.1 Å². The van der Waals surface area contributed by atoms with Crippen molar-refractivity contribution in [3.05, 3.63) is 65.2 Å². The van der Waals surface area contributed by atoms with E-state index in [0.717, 1.165) is 23.7 Å². The van der Waals surface area contributed by atoms with E-state index in [1.165, 1.54) is 12.3 Å². The van der Waals surface area contributed by atoms with Crippen molar-refractivity contribution in [2.24, 2.45) is 0 Å². The molecule has 2 aromatic rings. The molecule has 3 rings (SSSR count). The van der Waals surface area contributed by atoms with Gasteiger partial charge in [-0.05, 0) is 42.0 Å². The number of hydrogen-bond donors (Lipinski definition) is 1. The molecule has 0 saturated carbocycles. The van der Waals surface area contributed by atoms with Gasteiger partial charge in [-0.15, -0.1) is 0 Å². The summed E-state index contributed by atoms with van der Waals surface area (Å²) in [4.78, 5) is 15.7. The smallest absolute Gasteiger partial charge is 0.314 e. The second kappa shape index (κ2) is 4.71. The minimum atomic E-state index is -0.966. The quantitative estimate of drug-likeness (QED) is 0.933. The Morgan fingerprint density at radius 1 is 1.35 bits per heavy atom. The second-order valence-corrected chi connectivity index (χ2v) is 5.23. The Morgan fingerprint density at radius 3 is 2.90 bits per heavy atom. The number of pyridine rings is 1. The van der Waals surface area contributed by atoms with Crippen LogP contribution < -0.4 is 0 Å². The van der Waals surface area contributed by atoms with Gasteiger partial charge in [0.1, 0.15) is 5.82 Å². The summed E-state index contributed by atoms with van der Waals surface area (Å²) in [5.74, 6) is -1.29. The van der Waals surface area contributed by atoms with Crippen LogP contribution >= 0.6 is 0 Å². The number of halogens is 1. The molecule has 1 N–H and O–H groups in total. The van der Waals surface area contributed by atoms with Crippen LogP contribution in [0.15, 0.2) is 42.7 Å². The summed E-state index contributed by atoms with van der Waals surface area (Å²) in [5.41, 5.74) is 1.56. The maximum Gasteiger partial charge on any atom is 0.314 e. The van der Waals surface area contributed by atoms with Gasteiger partial charge >= 0.3 is 5.97 Å². The predicted molar refractivity (Wildman–Crippen MR) is 72.0 cm³/mol. The maximum atomic E-state index is 13.3. The molecule has 1 aromatic carbocycles. The molecule has 1 heterocycles. The van der Waals surface area contributed by atoms with Crippen LogP contribution in [0.5, 0.6) is 0 Å². The number of carboxylic acid groups (broad SMARTS) is 1. The van der Waals surface area contributed by atoms with Crippen molar-refractivity contribution in [3.8, 4) is 0 Å². The summed E-state index contributed by atoms with van der Waals surface area (Å²) in [7, 11) is 0. The van der Waals surface area contributed by atoms with Crippen LogP contribution in [0, 0.1) is 5.82 Å². The summed E-state index contributed by atoms with van der Waals surface area (Å²) >= 11 is 0. The van der Waals surface area contributed by atoms with Gasteiger partial charge in [-0.25, -0.2) is 4.39 Å². The Labute approximate surface area is 116 Å². The lowest BCUT2D eigenvalue weighted by Gasteiger charge is -2.25. The van der Waals surface area contributed by atoms with E-state index in [1.54, 1.807) is 0 Å². The summed E-state index contributed by atoms with van der Waals surface area (Å²) < 4.78 is 13.3. The Morgan fingerprint density at radius 2 is 2.15 bits per heavy atom. The van der Waals surface area contributed by atoms with E-state index in [0.29, 0.717) is 12.0 Å². The number of carbonyl (C=O) groups is 1. The number of hydrogen-bond acceptors (Lipinski definition) is 2. The lowest BCUT2D eigenvalue weighted by Crippen LogP contribution is -2.36. The molecule has 0 saturated heterocycles. The SMILES string of the molecule is O=C(O)C1(Cc2cncc(F)c2)CCc2ccccc21. The summed E-state index contributed by atoms with van der Waals surface area (Å²) in [6.45, 7) is 0. The fourth-order valence-electron chi connectivity index (χ4n) is 3.07. The lowest BCUT2D eigenvalue weighted by molar-refractivity contribution is -0.143. The molecule has 4 heteroatoms. The van der Waals surface area contributed by atoms with Crippen molar-refractivity contribution in [1.29, 1.82) is 0 Å². The lowest BCUT2D eigenvalue weighted by atomic mass is 9.77. The highest BCUT2D eigenvalue weighted by molar-refractivity contribution is 5.83. The highest BCUT2D eigenvalue weighted by Crippen LogP contribution is 2.41. The predicted octanol–water partition coefficient (Wildman–Crippen LogP) is 2.73. The number of carboxylic acids is 1. The maximum absolute atomic E-state index is 13.3. The Hall–Kier alpha value is -2.23.